The minimum absolute atomic E-state index is 0.116. The molecule has 0 spiro atoms. The first-order valence-corrected chi connectivity index (χ1v) is 13.0. The van der Waals surface area contributed by atoms with Gasteiger partial charge < -0.3 is 15.4 Å². The van der Waals surface area contributed by atoms with Gasteiger partial charge in [-0.3, -0.25) is 9.59 Å². The number of anilines is 2. The number of rotatable bonds is 8. The van der Waals surface area contributed by atoms with E-state index in [0.717, 1.165) is 25.9 Å². The maximum absolute atomic E-state index is 12.9. The van der Waals surface area contributed by atoms with E-state index < -0.39 is 5.97 Å². The van der Waals surface area contributed by atoms with Crippen LogP contribution in [0, 0.1) is 6.92 Å². The molecule has 10 heteroatoms. The molecule has 0 saturated heterocycles. The fourth-order valence-corrected chi connectivity index (χ4v) is 6.15. The molecule has 4 rings (SSSR count). The highest BCUT2D eigenvalue weighted by molar-refractivity contribution is 8.01. The third-order valence-corrected chi connectivity index (χ3v) is 8.10. The van der Waals surface area contributed by atoms with Crippen molar-refractivity contribution in [1.82, 2.24) is 4.98 Å². The molecular formula is C24H21N3O4S3. The van der Waals surface area contributed by atoms with Crippen LogP contribution in [0.15, 0.2) is 58.9 Å². The van der Waals surface area contributed by atoms with Crippen LogP contribution in [0.4, 0.5) is 10.7 Å². The summed E-state index contributed by atoms with van der Waals surface area (Å²) in [5.41, 5.74) is 2.19. The highest BCUT2D eigenvalue weighted by Gasteiger charge is 2.27. The van der Waals surface area contributed by atoms with Crippen molar-refractivity contribution >= 4 is 73.1 Å². The predicted octanol–water partition coefficient (Wildman–Crippen LogP) is 5.83. The van der Waals surface area contributed by atoms with Crippen LogP contribution >= 0.6 is 34.4 Å². The summed E-state index contributed by atoms with van der Waals surface area (Å²) in [6, 6.07) is 16.8. The van der Waals surface area contributed by atoms with Gasteiger partial charge in [-0.25, -0.2) is 9.78 Å². The highest BCUT2D eigenvalue weighted by Crippen LogP contribution is 2.35. The normalized spacial score (nSPS) is 10.8. The predicted molar refractivity (Wildman–Crippen MR) is 138 cm³/mol. The first-order valence-electron chi connectivity index (χ1n) is 10.4. The largest absolute Gasteiger partial charge is 0.462 e. The van der Waals surface area contributed by atoms with Crippen LogP contribution in [0.2, 0.25) is 0 Å². The van der Waals surface area contributed by atoms with E-state index in [1.807, 2.05) is 42.5 Å². The second kappa shape index (κ2) is 10.8. The van der Waals surface area contributed by atoms with Gasteiger partial charge in [0.25, 0.3) is 5.91 Å². The highest BCUT2D eigenvalue weighted by atomic mass is 32.2. The molecule has 0 fully saturated rings. The number of fused-ring (bicyclic) bond motifs is 1. The van der Waals surface area contributed by atoms with Gasteiger partial charge in [0.05, 0.1) is 33.0 Å². The summed E-state index contributed by atoms with van der Waals surface area (Å²) >= 11 is 3.90. The van der Waals surface area contributed by atoms with Crippen molar-refractivity contribution in [3.05, 3.63) is 70.6 Å². The molecule has 7 nitrogen and oxygen atoms in total. The molecule has 2 amide bonds. The van der Waals surface area contributed by atoms with Crippen LogP contribution in [-0.4, -0.2) is 35.1 Å². The standard InChI is InChI=1S/C24H21N3O4S3/c1-3-31-23(30)19-14(2)20(21(29)25-15-9-5-4-6-10-15)34-22(19)27-18(28)13-32-24-26-16-11-7-8-12-17(16)33-24/h4-12H,3,13H2,1-2H3,(H,25,29)(H,27,28). The maximum Gasteiger partial charge on any atom is 0.341 e. The average molecular weight is 512 g/mol. The lowest BCUT2D eigenvalue weighted by atomic mass is 10.1. The van der Waals surface area contributed by atoms with Gasteiger partial charge >= 0.3 is 5.97 Å². The van der Waals surface area contributed by atoms with Crippen LogP contribution in [0.3, 0.4) is 0 Å². The summed E-state index contributed by atoms with van der Waals surface area (Å²) < 4.78 is 7.01. The zero-order valence-corrected chi connectivity index (χ0v) is 20.9. The summed E-state index contributed by atoms with van der Waals surface area (Å²) in [7, 11) is 0. The van der Waals surface area contributed by atoms with Gasteiger partial charge in [0.15, 0.2) is 4.34 Å². The number of hydrogen-bond donors (Lipinski definition) is 2. The minimum atomic E-state index is -0.580. The molecule has 0 atom stereocenters. The minimum Gasteiger partial charge on any atom is -0.462 e. The van der Waals surface area contributed by atoms with E-state index in [1.54, 1.807) is 26.0 Å². The fraction of sp³-hybridized carbons (Fsp3) is 0.167. The Morgan fingerprint density at radius 3 is 2.47 bits per heavy atom. The van der Waals surface area contributed by atoms with E-state index in [1.165, 1.54) is 23.1 Å². The molecule has 2 N–H and O–H groups in total. The Balaban J connectivity index is 1.51. The van der Waals surface area contributed by atoms with Gasteiger partial charge in [-0.1, -0.05) is 42.1 Å². The number of thiophene rings is 1. The number of ether oxygens (including phenoxy) is 1. The average Bonchev–Trinajstić information content (AvgIpc) is 3.39. The van der Waals surface area contributed by atoms with Gasteiger partial charge in [0, 0.05) is 5.69 Å². The third kappa shape index (κ3) is 5.46. The Bertz CT molecular complexity index is 1320. The summed E-state index contributed by atoms with van der Waals surface area (Å²) in [4.78, 5) is 43.1. The molecule has 0 aliphatic carbocycles. The Morgan fingerprint density at radius 2 is 1.74 bits per heavy atom. The quantitative estimate of drug-likeness (QED) is 0.228. The molecule has 2 aromatic heterocycles. The van der Waals surface area contributed by atoms with Crippen LogP contribution < -0.4 is 10.6 Å². The molecule has 2 heterocycles. The van der Waals surface area contributed by atoms with Crippen LogP contribution in [0.25, 0.3) is 10.2 Å². The van der Waals surface area contributed by atoms with Crippen LogP contribution in [0.5, 0.6) is 0 Å². The Kier molecular flexibility index (Phi) is 7.61. The summed E-state index contributed by atoms with van der Waals surface area (Å²) in [5, 5.41) is 5.90. The van der Waals surface area contributed by atoms with E-state index in [4.69, 9.17) is 4.74 Å². The molecule has 174 valence electrons. The zero-order valence-electron chi connectivity index (χ0n) is 18.4. The monoisotopic (exact) mass is 511 g/mol. The summed E-state index contributed by atoms with van der Waals surface area (Å²) in [6.07, 6.45) is 0. The number of thiazole rings is 1. The van der Waals surface area contributed by atoms with E-state index in [2.05, 4.69) is 15.6 Å². The number of carbonyl (C=O) groups excluding carboxylic acids is 3. The molecule has 0 radical (unpaired) electrons. The van der Waals surface area contributed by atoms with Gasteiger partial charge in [-0.2, -0.15) is 0 Å². The number of nitrogens with zero attached hydrogens (tertiary/aromatic N) is 1. The SMILES string of the molecule is CCOC(=O)c1c(NC(=O)CSc2nc3ccccc3s2)sc(C(=O)Nc2ccccc2)c1C. The number of aromatic nitrogens is 1. The summed E-state index contributed by atoms with van der Waals surface area (Å²) in [5.74, 6) is -1.12. The second-order valence-corrected chi connectivity index (χ2v) is 10.4. The molecule has 0 unspecified atom stereocenters. The van der Waals surface area contributed by atoms with Gasteiger partial charge in [0.1, 0.15) is 5.00 Å². The molecular weight excluding hydrogens is 490 g/mol. The second-order valence-electron chi connectivity index (χ2n) is 7.09. The lowest BCUT2D eigenvalue weighted by molar-refractivity contribution is -0.113. The Morgan fingerprint density at radius 1 is 1.00 bits per heavy atom. The van der Waals surface area contributed by atoms with Crippen molar-refractivity contribution in [2.75, 3.05) is 23.0 Å². The Hall–Kier alpha value is -3.21. The van der Waals surface area contributed by atoms with Gasteiger partial charge in [-0.15, -0.1) is 22.7 Å². The number of hydrogen-bond acceptors (Lipinski definition) is 8. The summed E-state index contributed by atoms with van der Waals surface area (Å²) in [6.45, 7) is 3.56. The molecule has 34 heavy (non-hydrogen) atoms. The molecule has 4 aromatic rings. The smallest absolute Gasteiger partial charge is 0.341 e. The van der Waals surface area contributed by atoms with Gasteiger partial charge in [0.2, 0.25) is 5.91 Å². The van der Waals surface area contributed by atoms with E-state index in [-0.39, 0.29) is 29.7 Å². The first-order chi connectivity index (χ1) is 16.5. The first kappa shape index (κ1) is 23.9. The number of benzene rings is 2. The van der Waals surface area contributed by atoms with Crippen LogP contribution in [0.1, 0.15) is 32.5 Å². The molecule has 0 aliphatic heterocycles. The number of thioether (sulfide) groups is 1. The van der Waals surface area contributed by atoms with Crippen LogP contribution in [-0.2, 0) is 9.53 Å². The van der Waals surface area contributed by atoms with E-state index in [9.17, 15) is 14.4 Å². The molecule has 0 saturated carbocycles. The van der Waals surface area contributed by atoms with Crippen molar-refractivity contribution in [2.45, 2.75) is 18.2 Å². The van der Waals surface area contributed by atoms with Crippen molar-refractivity contribution in [1.29, 1.82) is 0 Å². The number of esters is 1. The van der Waals surface area contributed by atoms with Gasteiger partial charge in [-0.05, 0) is 43.7 Å². The zero-order chi connectivity index (χ0) is 24.1. The third-order valence-electron chi connectivity index (χ3n) is 4.72. The van der Waals surface area contributed by atoms with Crippen molar-refractivity contribution in [2.24, 2.45) is 0 Å². The lowest BCUT2D eigenvalue weighted by Gasteiger charge is -2.06. The fourth-order valence-electron chi connectivity index (χ4n) is 3.18. The topological polar surface area (TPSA) is 97.4 Å². The molecule has 2 aromatic carbocycles. The van der Waals surface area contributed by atoms with Crippen molar-refractivity contribution in [3.8, 4) is 0 Å². The molecule has 0 bridgehead atoms. The number of para-hydroxylation sites is 2. The van der Waals surface area contributed by atoms with Crippen molar-refractivity contribution < 1.29 is 19.1 Å². The van der Waals surface area contributed by atoms with Crippen molar-refractivity contribution in [3.63, 3.8) is 0 Å². The number of carbonyl (C=O) groups is 3. The maximum atomic E-state index is 12.9. The van der Waals surface area contributed by atoms with E-state index >= 15 is 0 Å². The Labute approximate surface area is 208 Å². The lowest BCUT2D eigenvalue weighted by Crippen LogP contribution is -2.16. The number of nitrogens with one attached hydrogen (secondary N) is 2. The number of amides is 2. The molecule has 0 aliphatic rings. The van der Waals surface area contributed by atoms with E-state index in [0.29, 0.717) is 21.1 Å².